The Balaban J connectivity index is 5.17. The maximum atomic E-state index is 11.8. The standard InChI is InChI=1S/C24H50NO8Si3/c1-21(2)23(27)30-16-19-34(7,8)32-36(11,18-12-14-29-15-13-25(4,5)6)33-35(9,10)20-17-31-24(28)22(3)26/h1,12-20H2,2-11H3/q+1. The van der Waals surface area contributed by atoms with E-state index >= 15 is 0 Å². The number of esters is 2. The first-order chi connectivity index (χ1) is 16.3. The Labute approximate surface area is 221 Å². The summed E-state index contributed by atoms with van der Waals surface area (Å²) in [4.78, 5) is 34.4. The van der Waals surface area contributed by atoms with Crippen molar-refractivity contribution in [1.29, 1.82) is 0 Å². The largest absolute Gasteiger partial charge is 0.463 e. The Hall–Kier alpha value is -1.16. The third-order valence-electron chi connectivity index (χ3n) is 5.32. The molecule has 0 aliphatic heterocycles. The predicted molar refractivity (Wildman–Crippen MR) is 149 cm³/mol. The lowest BCUT2D eigenvalue weighted by atomic mass is 10.4. The van der Waals surface area contributed by atoms with E-state index in [4.69, 9.17) is 22.4 Å². The molecule has 1 atom stereocenters. The van der Waals surface area contributed by atoms with E-state index in [0.717, 1.165) is 23.5 Å². The average Bonchev–Trinajstić information content (AvgIpc) is 2.68. The molecule has 0 radical (unpaired) electrons. The topological polar surface area (TPSA) is 97.4 Å². The molecule has 0 saturated heterocycles. The van der Waals surface area contributed by atoms with Crippen molar-refractivity contribution in [3.63, 3.8) is 0 Å². The molecule has 0 heterocycles. The van der Waals surface area contributed by atoms with Crippen LogP contribution in [0.25, 0.3) is 0 Å². The molecule has 0 aliphatic carbocycles. The molecule has 36 heavy (non-hydrogen) atoms. The minimum absolute atomic E-state index is 0.147. The SMILES string of the molecule is C=C(C)C(=O)OCC[Si](C)(C)O[Si](C)(CCCOCC[N+](C)(C)C)O[Si](C)(C)CCOC(=O)C(C)=O. The van der Waals surface area contributed by atoms with Crippen LogP contribution in [0.5, 0.6) is 0 Å². The molecule has 0 amide bonds. The number of ether oxygens (including phenoxy) is 3. The Bertz CT molecular complexity index is 704. The lowest BCUT2D eigenvalue weighted by Gasteiger charge is -2.40. The molecule has 0 spiro atoms. The summed E-state index contributed by atoms with van der Waals surface area (Å²) in [7, 11) is -0.737. The van der Waals surface area contributed by atoms with Crippen LogP contribution >= 0.6 is 0 Å². The van der Waals surface area contributed by atoms with Crippen LogP contribution in [0.15, 0.2) is 12.2 Å². The monoisotopic (exact) mass is 564 g/mol. The quantitative estimate of drug-likeness (QED) is 0.0583. The van der Waals surface area contributed by atoms with Crippen molar-refractivity contribution in [2.24, 2.45) is 0 Å². The molecule has 0 rings (SSSR count). The second-order valence-electron chi connectivity index (χ2n) is 11.7. The molecule has 9 nitrogen and oxygen atoms in total. The molecule has 0 bridgehead atoms. The summed E-state index contributed by atoms with van der Waals surface area (Å²) < 4.78 is 30.6. The summed E-state index contributed by atoms with van der Waals surface area (Å²) in [6.45, 7) is 19.6. The lowest BCUT2D eigenvalue weighted by Crippen LogP contribution is -2.54. The van der Waals surface area contributed by atoms with Crippen molar-refractivity contribution in [2.75, 3.05) is 54.1 Å². The van der Waals surface area contributed by atoms with Crippen molar-refractivity contribution in [3.8, 4) is 0 Å². The molecule has 0 fully saturated rings. The molecule has 210 valence electrons. The van der Waals surface area contributed by atoms with Gasteiger partial charge in [0.1, 0.15) is 6.54 Å². The molecule has 0 N–H and O–H groups in total. The second kappa shape index (κ2) is 15.3. The van der Waals surface area contributed by atoms with Crippen LogP contribution < -0.4 is 0 Å². The van der Waals surface area contributed by atoms with Gasteiger partial charge in [-0.2, -0.15) is 0 Å². The van der Waals surface area contributed by atoms with Crippen molar-refractivity contribution in [3.05, 3.63) is 12.2 Å². The first-order valence-corrected chi connectivity index (χ1v) is 21.3. The minimum Gasteiger partial charge on any atom is -0.463 e. The zero-order valence-electron chi connectivity index (χ0n) is 24.3. The maximum absolute atomic E-state index is 11.8. The molecule has 0 aliphatic rings. The summed E-state index contributed by atoms with van der Waals surface area (Å²) >= 11 is 0. The highest BCUT2D eigenvalue weighted by Crippen LogP contribution is 2.29. The van der Waals surface area contributed by atoms with Crippen LogP contribution in [0.2, 0.25) is 50.9 Å². The van der Waals surface area contributed by atoms with Crippen LogP contribution in [0.1, 0.15) is 20.3 Å². The third kappa shape index (κ3) is 17.3. The number of hydrogen-bond acceptors (Lipinski definition) is 8. The Kier molecular flexibility index (Phi) is 14.8. The van der Waals surface area contributed by atoms with E-state index in [0.29, 0.717) is 30.9 Å². The molecular formula is C24H50NO8Si3+. The molecule has 12 heteroatoms. The van der Waals surface area contributed by atoms with E-state index in [2.05, 4.69) is 60.5 Å². The first kappa shape index (κ1) is 34.8. The molecule has 0 aromatic carbocycles. The fourth-order valence-electron chi connectivity index (χ4n) is 3.33. The molecule has 0 aromatic rings. The van der Waals surface area contributed by atoms with Crippen LogP contribution in [0.4, 0.5) is 0 Å². The van der Waals surface area contributed by atoms with E-state index in [1.165, 1.54) is 6.92 Å². The molecule has 1 unspecified atom stereocenters. The highest BCUT2D eigenvalue weighted by molar-refractivity contribution is 6.88. The first-order valence-electron chi connectivity index (χ1n) is 12.6. The van der Waals surface area contributed by atoms with Gasteiger partial charge >= 0.3 is 20.5 Å². The Morgan fingerprint density at radius 3 is 1.61 bits per heavy atom. The summed E-state index contributed by atoms with van der Waals surface area (Å²) in [6.07, 6.45) is 0.818. The van der Waals surface area contributed by atoms with Crippen molar-refractivity contribution in [2.45, 2.75) is 71.1 Å². The Morgan fingerprint density at radius 1 is 0.722 bits per heavy atom. The number of hydrogen-bond donors (Lipinski definition) is 0. The van der Waals surface area contributed by atoms with Gasteiger partial charge in [-0.25, -0.2) is 9.59 Å². The number of nitrogens with zero attached hydrogens (tertiary/aromatic N) is 1. The van der Waals surface area contributed by atoms with Gasteiger partial charge in [-0.15, -0.1) is 0 Å². The fourth-order valence-corrected chi connectivity index (χ4v) is 16.8. The number of likely N-dealkylation sites (N-methyl/N-ethyl adjacent to an activating group) is 1. The summed E-state index contributed by atoms with van der Waals surface area (Å²) in [6, 6.07) is 1.98. The van der Waals surface area contributed by atoms with E-state index in [-0.39, 0.29) is 13.2 Å². The predicted octanol–water partition coefficient (Wildman–Crippen LogP) is 3.87. The number of quaternary nitrogens is 1. The van der Waals surface area contributed by atoms with E-state index in [9.17, 15) is 14.4 Å². The van der Waals surface area contributed by atoms with E-state index < -0.39 is 42.9 Å². The summed E-state index contributed by atoms with van der Waals surface area (Å²) in [5.74, 6) is -1.82. The average molecular weight is 565 g/mol. The number of ketones is 1. The van der Waals surface area contributed by atoms with Crippen molar-refractivity contribution < 1.29 is 41.3 Å². The Morgan fingerprint density at radius 2 is 1.19 bits per heavy atom. The highest BCUT2D eigenvalue weighted by atomic mass is 28.5. The highest BCUT2D eigenvalue weighted by Gasteiger charge is 2.43. The van der Waals surface area contributed by atoms with Gasteiger partial charge in [-0.05, 0) is 64.2 Å². The summed E-state index contributed by atoms with van der Waals surface area (Å²) in [5.41, 5.74) is 0.376. The number of carbonyl (C=O) groups is 3. The zero-order chi connectivity index (χ0) is 28.2. The van der Waals surface area contributed by atoms with Gasteiger partial charge in [-0.3, -0.25) is 4.79 Å². The van der Waals surface area contributed by atoms with Crippen molar-refractivity contribution >= 4 is 42.9 Å². The van der Waals surface area contributed by atoms with Gasteiger partial charge in [0.25, 0.3) is 0 Å². The van der Waals surface area contributed by atoms with Crippen LogP contribution in [-0.2, 0) is 36.8 Å². The van der Waals surface area contributed by atoms with Gasteiger partial charge < -0.3 is 26.9 Å². The van der Waals surface area contributed by atoms with Crippen LogP contribution in [0.3, 0.4) is 0 Å². The molecule has 0 saturated carbocycles. The van der Waals surface area contributed by atoms with Gasteiger partial charge in [0, 0.05) is 19.1 Å². The van der Waals surface area contributed by atoms with Crippen LogP contribution in [-0.4, -0.2) is 102 Å². The van der Waals surface area contributed by atoms with Crippen molar-refractivity contribution in [1.82, 2.24) is 0 Å². The minimum atomic E-state index is -2.64. The maximum Gasteiger partial charge on any atom is 0.374 e. The van der Waals surface area contributed by atoms with Gasteiger partial charge in [-0.1, -0.05) is 6.58 Å². The normalized spacial score (nSPS) is 14.2. The van der Waals surface area contributed by atoms with E-state index in [1.54, 1.807) is 6.92 Å². The number of Topliss-reactive ketones (excluding diaryl/α,β-unsaturated/α-hetero) is 1. The summed E-state index contributed by atoms with van der Waals surface area (Å²) in [5, 5.41) is 0. The lowest BCUT2D eigenvalue weighted by molar-refractivity contribution is -0.870. The van der Waals surface area contributed by atoms with Gasteiger partial charge in [0.05, 0.1) is 41.0 Å². The smallest absolute Gasteiger partial charge is 0.374 e. The molecule has 0 aromatic heterocycles. The number of rotatable bonds is 19. The van der Waals surface area contributed by atoms with Crippen LogP contribution in [0, 0.1) is 0 Å². The third-order valence-corrected chi connectivity index (χ3v) is 17.3. The zero-order valence-corrected chi connectivity index (χ0v) is 27.3. The fraction of sp³-hybridized carbons (Fsp3) is 0.792. The van der Waals surface area contributed by atoms with E-state index in [1.807, 2.05) is 0 Å². The molecular weight excluding hydrogens is 515 g/mol. The van der Waals surface area contributed by atoms with Gasteiger partial charge in [0.15, 0.2) is 16.6 Å². The van der Waals surface area contributed by atoms with Gasteiger partial charge in [0.2, 0.25) is 5.78 Å². The number of carbonyl (C=O) groups excluding carboxylic acids is 3. The second-order valence-corrected chi connectivity index (χ2v) is 24.1.